The zero-order chi connectivity index (χ0) is 26.7. The summed E-state index contributed by atoms with van der Waals surface area (Å²) in [4.78, 5) is 0. The van der Waals surface area contributed by atoms with E-state index in [0.717, 1.165) is 21.2 Å². The van der Waals surface area contributed by atoms with Crippen molar-refractivity contribution in [3.05, 3.63) is 121 Å². The van der Waals surface area contributed by atoms with Gasteiger partial charge in [0, 0.05) is 21.2 Å². The Morgan fingerprint density at radius 3 is 1.51 bits per heavy atom. The third-order valence-electron chi connectivity index (χ3n) is 6.65. The summed E-state index contributed by atoms with van der Waals surface area (Å²) in [5.74, 6) is -0.744. The van der Waals surface area contributed by atoms with Crippen molar-refractivity contribution in [3.8, 4) is 0 Å². The minimum atomic E-state index is -1.12. The maximum Gasteiger partial charge on any atom is 0.190 e. The van der Waals surface area contributed by atoms with Gasteiger partial charge in [-0.1, -0.05) is 121 Å². The molecule has 0 amide bonds. The Kier molecular flexibility index (Phi) is 8.20. The highest BCUT2D eigenvalue weighted by Crippen LogP contribution is 2.46. The molecule has 39 heavy (non-hydrogen) atoms. The average molecular weight is 559 g/mol. The van der Waals surface area contributed by atoms with Crippen molar-refractivity contribution >= 4 is 37.5 Å². The van der Waals surface area contributed by atoms with Gasteiger partial charge in [0.25, 0.3) is 0 Å². The molecule has 6 rings (SSSR count). The molecular weight excluding hydrogens is 526 g/mol. The van der Waals surface area contributed by atoms with Crippen LogP contribution in [0.15, 0.2) is 121 Å². The molecule has 0 spiro atoms. The highest BCUT2D eigenvalue weighted by Gasteiger charge is 2.56. The Morgan fingerprint density at radius 2 is 1.05 bits per heavy atom. The summed E-state index contributed by atoms with van der Waals surface area (Å²) < 4.78 is 32.6. The van der Waals surface area contributed by atoms with Gasteiger partial charge in [0.2, 0.25) is 0 Å². The lowest BCUT2D eigenvalue weighted by Crippen LogP contribution is -2.39. The molecule has 4 aromatic carbocycles. The SMILES string of the molecule is CC1(C)O[C@H]2O[C@H](COP(c3ccccc3)c3ccccc3)[C@H](OP(c3ccccc3)c3ccccc3)[C@H]2O1. The molecule has 7 heteroatoms. The van der Waals surface area contributed by atoms with Crippen LogP contribution in [0.2, 0.25) is 0 Å². The van der Waals surface area contributed by atoms with E-state index in [0.29, 0.717) is 6.61 Å². The molecule has 4 atom stereocenters. The molecule has 0 aromatic heterocycles. The van der Waals surface area contributed by atoms with Gasteiger partial charge in [-0.2, -0.15) is 0 Å². The van der Waals surface area contributed by atoms with Crippen LogP contribution in [0.25, 0.3) is 0 Å². The second-order valence-electron chi connectivity index (χ2n) is 9.94. The van der Waals surface area contributed by atoms with Crippen LogP contribution in [0.3, 0.4) is 0 Å². The van der Waals surface area contributed by atoms with E-state index in [1.807, 2.05) is 38.1 Å². The van der Waals surface area contributed by atoms with Crippen LogP contribution in [-0.4, -0.2) is 37.0 Å². The molecule has 200 valence electrons. The highest BCUT2D eigenvalue weighted by atomic mass is 31.1. The monoisotopic (exact) mass is 558 g/mol. The summed E-state index contributed by atoms with van der Waals surface area (Å²) in [6.07, 6.45) is -1.59. The van der Waals surface area contributed by atoms with E-state index >= 15 is 0 Å². The molecule has 2 fully saturated rings. The van der Waals surface area contributed by atoms with Crippen molar-refractivity contribution in [2.75, 3.05) is 6.61 Å². The van der Waals surface area contributed by atoms with Gasteiger partial charge in [-0.25, -0.2) is 0 Å². The number of benzene rings is 4. The first-order valence-corrected chi connectivity index (χ1v) is 15.7. The van der Waals surface area contributed by atoms with Gasteiger partial charge in [-0.15, -0.1) is 0 Å². The molecule has 4 aromatic rings. The van der Waals surface area contributed by atoms with Crippen LogP contribution in [0, 0.1) is 0 Å². The Bertz CT molecular complexity index is 1250. The number of rotatable bonds is 9. The molecule has 2 saturated heterocycles. The molecular formula is C32H32O5P2. The van der Waals surface area contributed by atoms with E-state index in [4.69, 9.17) is 23.3 Å². The minimum absolute atomic E-state index is 0.354. The molecule has 0 unspecified atom stereocenters. The summed E-state index contributed by atoms with van der Waals surface area (Å²) >= 11 is 0. The number of hydrogen-bond acceptors (Lipinski definition) is 5. The molecule has 0 N–H and O–H groups in total. The van der Waals surface area contributed by atoms with Crippen molar-refractivity contribution in [1.29, 1.82) is 0 Å². The van der Waals surface area contributed by atoms with Crippen molar-refractivity contribution < 1.29 is 23.3 Å². The van der Waals surface area contributed by atoms with E-state index in [2.05, 4.69) is 97.1 Å². The van der Waals surface area contributed by atoms with Gasteiger partial charge in [0.15, 0.2) is 12.1 Å². The maximum atomic E-state index is 7.01. The smallest absolute Gasteiger partial charge is 0.190 e. The van der Waals surface area contributed by atoms with Crippen LogP contribution in [-0.2, 0) is 23.3 Å². The summed E-state index contributed by atoms with van der Waals surface area (Å²) in [5, 5.41) is 4.57. The summed E-state index contributed by atoms with van der Waals surface area (Å²) in [7, 11) is -2.16. The van der Waals surface area contributed by atoms with Crippen molar-refractivity contribution in [1.82, 2.24) is 0 Å². The van der Waals surface area contributed by atoms with Crippen molar-refractivity contribution in [2.45, 2.75) is 44.2 Å². The summed E-state index contributed by atoms with van der Waals surface area (Å²) in [5.41, 5.74) is 0. The van der Waals surface area contributed by atoms with Gasteiger partial charge < -0.3 is 23.3 Å². The lowest BCUT2D eigenvalue weighted by Gasteiger charge is -2.30. The largest absolute Gasteiger partial charge is 0.347 e. The van der Waals surface area contributed by atoms with Gasteiger partial charge >= 0.3 is 0 Å². The number of ether oxygens (including phenoxy) is 3. The van der Waals surface area contributed by atoms with Gasteiger partial charge in [-0.05, 0) is 13.8 Å². The first kappa shape index (κ1) is 26.7. The predicted octanol–water partition coefficient (Wildman–Crippen LogP) is 5.36. The Morgan fingerprint density at radius 1 is 0.615 bits per heavy atom. The third kappa shape index (κ3) is 6.16. The molecule has 5 nitrogen and oxygen atoms in total. The van der Waals surface area contributed by atoms with Gasteiger partial charge in [0.1, 0.15) is 18.3 Å². The second-order valence-corrected chi connectivity index (χ2v) is 13.7. The maximum absolute atomic E-state index is 7.01. The Labute approximate surface area is 232 Å². The zero-order valence-electron chi connectivity index (χ0n) is 22.0. The molecule has 0 bridgehead atoms. The van der Waals surface area contributed by atoms with E-state index < -0.39 is 28.4 Å². The Balaban J connectivity index is 1.29. The number of hydrogen-bond donors (Lipinski definition) is 0. The molecule has 2 heterocycles. The van der Waals surface area contributed by atoms with Crippen LogP contribution in [0.1, 0.15) is 13.8 Å². The summed E-state index contributed by atoms with van der Waals surface area (Å²) in [6.45, 7) is 4.18. The first-order valence-electron chi connectivity index (χ1n) is 13.2. The predicted molar refractivity (Wildman–Crippen MR) is 158 cm³/mol. The zero-order valence-corrected chi connectivity index (χ0v) is 23.8. The van der Waals surface area contributed by atoms with E-state index in [1.54, 1.807) is 0 Å². The van der Waals surface area contributed by atoms with Gasteiger partial charge in [-0.3, -0.25) is 0 Å². The van der Waals surface area contributed by atoms with E-state index in [9.17, 15) is 0 Å². The molecule has 0 radical (unpaired) electrons. The Hall–Kier alpha value is -2.46. The fourth-order valence-corrected chi connectivity index (χ4v) is 8.61. The van der Waals surface area contributed by atoms with Crippen LogP contribution >= 0.6 is 16.3 Å². The molecule has 2 aliphatic heterocycles. The van der Waals surface area contributed by atoms with E-state index in [1.165, 1.54) is 0 Å². The second kappa shape index (κ2) is 12.0. The van der Waals surface area contributed by atoms with Crippen LogP contribution in [0.5, 0.6) is 0 Å². The quantitative estimate of drug-likeness (QED) is 0.259. The third-order valence-corrected chi connectivity index (χ3v) is 10.6. The fraction of sp³-hybridized carbons (Fsp3) is 0.250. The van der Waals surface area contributed by atoms with Crippen molar-refractivity contribution in [2.24, 2.45) is 0 Å². The molecule has 0 saturated carbocycles. The lowest BCUT2D eigenvalue weighted by molar-refractivity contribution is -0.215. The fourth-order valence-electron chi connectivity index (χ4n) is 4.90. The minimum Gasteiger partial charge on any atom is -0.347 e. The van der Waals surface area contributed by atoms with Crippen molar-refractivity contribution in [3.63, 3.8) is 0 Å². The topological polar surface area (TPSA) is 46.2 Å². The summed E-state index contributed by atoms with van der Waals surface area (Å²) in [6, 6.07) is 41.5. The number of fused-ring (bicyclic) bond motifs is 1. The normalized spacial score (nSPS) is 23.8. The first-order chi connectivity index (χ1) is 19.1. The lowest BCUT2D eigenvalue weighted by atomic mass is 10.1. The van der Waals surface area contributed by atoms with Gasteiger partial charge in [0.05, 0.1) is 22.9 Å². The highest BCUT2D eigenvalue weighted by molar-refractivity contribution is 7.68. The van der Waals surface area contributed by atoms with Crippen LogP contribution < -0.4 is 21.2 Å². The molecule has 2 aliphatic rings. The van der Waals surface area contributed by atoms with E-state index in [-0.39, 0.29) is 18.3 Å². The van der Waals surface area contributed by atoms with Crippen LogP contribution in [0.4, 0.5) is 0 Å². The standard InChI is InChI=1S/C32H32O5P2/c1-32(2)35-30-29(37-39(26-19-11-5-12-20-26)27-21-13-6-14-22-27)28(34-31(30)36-32)23-33-38(24-15-7-3-8-16-24)25-17-9-4-10-18-25/h3-22,28-31H,23H2,1-2H3/t28-,29+,30-,31-/m1/s1. The molecule has 0 aliphatic carbocycles. The average Bonchev–Trinajstić information content (AvgIpc) is 3.44.